The van der Waals surface area contributed by atoms with Crippen molar-refractivity contribution in [3.8, 4) is 5.75 Å². The van der Waals surface area contributed by atoms with Crippen molar-refractivity contribution in [1.29, 1.82) is 0 Å². The summed E-state index contributed by atoms with van der Waals surface area (Å²) in [7, 11) is 0. The third-order valence-electron chi connectivity index (χ3n) is 2.86. The SMILES string of the molecule is CCOc1ccc(Br)cc1C=NNc1c(F)c(F)c(F)c(F)c1F. The summed E-state index contributed by atoms with van der Waals surface area (Å²) in [5.74, 6) is -9.90. The standard InChI is InChI=1S/C15H10BrF5N2O/c1-2-24-9-4-3-8(16)5-7(9)6-22-23-15-13(20)11(18)10(17)12(19)14(15)21/h3-6,23H,2H2,1H3. The highest BCUT2D eigenvalue weighted by atomic mass is 79.9. The number of hydrogen-bond donors (Lipinski definition) is 1. The highest BCUT2D eigenvalue weighted by Crippen LogP contribution is 2.27. The highest BCUT2D eigenvalue weighted by molar-refractivity contribution is 9.10. The Kier molecular flexibility index (Phi) is 5.76. The maximum atomic E-state index is 13.5. The average molecular weight is 409 g/mol. The van der Waals surface area contributed by atoms with Gasteiger partial charge in [-0.15, -0.1) is 0 Å². The minimum absolute atomic E-state index is 0.369. The number of benzene rings is 2. The quantitative estimate of drug-likeness (QED) is 0.248. The van der Waals surface area contributed by atoms with E-state index >= 15 is 0 Å². The van der Waals surface area contributed by atoms with Crippen molar-refractivity contribution in [1.82, 2.24) is 0 Å². The average Bonchev–Trinajstić information content (AvgIpc) is 2.56. The molecule has 1 N–H and O–H groups in total. The zero-order valence-corrected chi connectivity index (χ0v) is 13.7. The lowest BCUT2D eigenvalue weighted by Crippen LogP contribution is -2.06. The van der Waals surface area contributed by atoms with Crippen molar-refractivity contribution in [3.05, 3.63) is 57.3 Å². The first-order valence-corrected chi connectivity index (χ1v) is 7.39. The van der Waals surface area contributed by atoms with E-state index in [1.54, 1.807) is 25.1 Å². The van der Waals surface area contributed by atoms with Crippen LogP contribution >= 0.6 is 15.9 Å². The molecular weight excluding hydrogens is 399 g/mol. The number of rotatable bonds is 5. The minimum atomic E-state index is -2.23. The molecule has 0 aromatic heterocycles. The van der Waals surface area contributed by atoms with Gasteiger partial charge in [-0.25, -0.2) is 22.0 Å². The fourth-order valence-electron chi connectivity index (χ4n) is 1.78. The fourth-order valence-corrected chi connectivity index (χ4v) is 2.16. The van der Waals surface area contributed by atoms with Gasteiger partial charge in [-0.05, 0) is 25.1 Å². The molecule has 0 saturated heterocycles. The summed E-state index contributed by atoms with van der Waals surface area (Å²) >= 11 is 3.24. The third kappa shape index (κ3) is 3.66. The summed E-state index contributed by atoms with van der Waals surface area (Å²) in [5.41, 5.74) is 1.02. The molecule has 2 aromatic carbocycles. The Bertz CT molecular complexity index is 769. The highest BCUT2D eigenvalue weighted by Gasteiger charge is 2.25. The van der Waals surface area contributed by atoms with E-state index in [2.05, 4.69) is 21.0 Å². The molecule has 0 aliphatic carbocycles. The van der Waals surface area contributed by atoms with Gasteiger partial charge >= 0.3 is 0 Å². The van der Waals surface area contributed by atoms with Crippen molar-refractivity contribution in [2.45, 2.75) is 6.92 Å². The van der Waals surface area contributed by atoms with Gasteiger partial charge in [0.25, 0.3) is 0 Å². The molecule has 0 spiro atoms. The number of ether oxygens (including phenoxy) is 1. The molecule has 0 amide bonds. The summed E-state index contributed by atoms with van der Waals surface area (Å²) in [5, 5.41) is 3.52. The van der Waals surface area contributed by atoms with E-state index in [1.807, 2.05) is 5.43 Å². The van der Waals surface area contributed by atoms with Crippen molar-refractivity contribution < 1.29 is 26.7 Å². The Morgan fingerprint density at radius 1 is 1.04 bits per heavy atom. The zero-order chi connectivity index (χ0) is 17.9. The molecule has 0 bridgehead atoms. The van der Waals surface area contributed by atoms with E-state index in [0.29, 0.717) is 22.4 Å². The first kappa shape index (κ1) is 18.2. The molecule has 2 rings (SSSR count). The van der Waals surface area contributed by atoms with Crippen molar-refractivity contribution in [3.63, 3.8) is 0 Å². The Hall–Kier alpha value is -2.16. The van der Waals surface area contributed by atoms with Gasteiger partial charge in [0, 0.05) is 10.0 Å². The maximum Gasteiger partial charge on any atom is 0.200 e. The van der Waals surface area contributed by atoms with E-state index in [0.717, 1.165) is 6.21 Å². The predicted octanol–water partition coefficient (Wildman–Crippen LogP) is 4.99. The molecule has 0 aliphatic rings. The van der Waals surface area contributed by atoms with Crippen LogP contribution in [0.25, 0.3) is 0 Å². The van der Waals surface area contributed by atoms with Gasteiger partial charge in [-0.2, -0.15) is 5.10 Å². The lowest BCUT2D eigenvalue weighted by atomic mass is 10.2. The number of hydrogen-bond acceptors (Lipinski definition) is 3. The number of nitrogens with zero attached hydrogens (tertiary/aromatic N) is 1. The van der Waals surface area contributed by atoms with Crippen LogP contribution in [0, 0.1) is 29.1 Å². The van der Waals surface area contributed by atoms with Gasteiger partial charge in [0.05, 0.1) is 12.8 Å². The van der Waals surface area contributed by atoms with Crippen LogP contribution in [-0.2, 0) is 0 Å². The molecule has 24 heavy (non-hydrogen) atoms. The predicted molar refractivity (Wildman–Crippen MR) is 82.8 cm³/mol. The Morgan fingerprint density at radius 3 is 2.21 bits per heavy atom. The van der Waals surface area contributed by atoms with E-state index in [1.165, 1.54) is 0 Å². The van der Waals surface area contributed by atoms with Crippen molar-refractivity contribution >= 4 is 27.8 Å². The van der Waals surface area contributed by atoms with E-state index in [-0.39, 0.29) is 0 Å². The molecule has 128 valence electrons. The molecule has 0 radical (unpaired) electrons. The van der Waals surface area contributed by atoms with Gasteiger partial charge < -0.3 is 4.74 Å². The number of hydrazone groups is 1. The van der Waals surface area contributed by atoms with Gasteiger partial charge in [-0.3, -0.25) is 5.43 Å². The second-order valence-electron chi connectivity index (χ2n) is 4.43. The van der Waals surface area contributed by atoms with Gasteiger partial charge in [0.2, 0.25) is 5.82 Å². The lowest BCUT2D eigenvalue weighted by Gasteiger charge is -2.08. The van der Waals surface area contributed by atoms with Crippen LogP contribution in [-0.4, -0.2) is 12.8 Å². The van der Waals surface area contributed by atoms with Gasteiger partial charge in [0.1, 0.15) is 11.4 Å². The summed E-state index contributed by atoms with van der Waals surface area (Å²) < 4.78 is 72.2. The molecule has 0 unspecified atom stereocenters. The summed E-state index contributed by atoms with van der Waals surface area (Å²) in [6, 6.07) is 4.95. The van der Waals surface area contributed by atoms with Gasteiger partial charge in [0.15, 0.2) is 23.3 Å². The van der Waals surface area contributed by atoms with Crippen LogP contribution in [0.2, 0.25) is 0 Å². The van der Waals surface area contributed by atoms with Crippen LogP contribution in [0.4, 0.5) is 27.6 Å². The first-order valence-electron chi connectivity index (χ1n) is 6.59. The van der Waals surface area contributed by atoms with Gasteiger partial charge in [-0.1, -0.05) is 15.9 Å². The lowest BCUT2D eigenvalue weighted by molar-refractivity contribution is 0.339. The Balaban J connectivity index is 2.32. The second kappa shape index (κ2) is 7.61. The Labute approximate surface area is 142 Å². The normalized spacial score (nSPS) is 11.1. The fraction of sp³-hybridized carbons (Fsp3) is 0.133. The molecule has 0 heterocycles. The molecule has 0 atom stereocenters. The summed E-state index contributed by atoms with van der Waals surface area (Å²) in [6.07, 6.45) is 1.13. The largest absolute Gasteiger partial charge is 0.493 e. The topological polar surface area (TPSA) is 33.6 Å². The number of halogens is 6. The first-order chi connectivity index (χ1) is 11.4. The minimum Gasteiger partial charge on any atom is -0.493 e. The van der Waals surface area contributed by atoms with E-state index in [9.17, 15) is 22.0 Å². The van der Waals surface area contributed by atoms with Crippen LogP contribution in [0.3, 0.4) is 0 Å². The van der Waals surface area contributed by atoms with Crippen molar-refractivity contribution in [2.75, 3.05) is 12.0 Å². The molecule has 0 saturated carbocycles. The molecular formula is C15H10BrF5N2O. The molecule has 0 aliphatic heterocycles. The van der Waals surface area contributed by atoms with Crippen LogP contribution in [0.15, 0.2) is 27.8 Å². The van der Waals surface area contributed by atoms with E-state index < -0.39 is 34.8 Å². The third-order valence-corrected chi connectivity index (χ3v) is 3.35. The molecule has 2 aromatic rings. The maximum absolute atomic E-state index is 13.5. The summed E-state index contributed by atoms with van der Waals surface area (Å²) in [4.78, 5) is 0. The molecule has 3 nitrogen and oxygen atoms in total. The second-order valence-corrected chi connectivity index (χ2v) is 5.35. The number of nitrogens with one attached hydrogen (secondary N) is 1. The van der Waals surface area contributed by atoms with Crippen LogP contribution < -0.4 is 10.2 Å². The van der Waals surface area contributed by atoms with Crippen LogP contribution in [0.1, 0.15) is 12.5 Å². The Morgan fingerprint density at radius 2 is 1.62 bits per heavy atom. The van der Waals surface area contributed by atoms with Crippen LogP contribution in [0.5, 0.6) is 5.75 Å². The summed E-state index contributed by atoms with van der Waals surface area (Å²) in [6.45, 7) is 2.13. The monoisotopic (exact) mass is 408 g/mol. The molecule has 0 fully saturated rings. The zero-order valence-electron chi connectivity index (χ0n) is 12.1. The van der Waals surface area contributed by atoms with E-state index in [4.69, 9.17) is 4.74 Å². The molecule has 9 heteroatoms. The smallest absolute Gasteiger partial charge is 0.200 e. The number of anilines is 1. The van der Waals surface area contributed by atoms with Crippen molar-refractivity contribution in [2.24, 2.45) is 5.10 Å².